The van der Waals surface area contributed by atoms with E-state index in [-0.39, 0.29) is 12.1 Å². The van der Waals surface area contributed by atoms with Gasteiger partial charge in [-0.1, -0.05) is 13.3 Å². The molecule has 104 valence electrons. The predicted molar refractivity (Wildman–Crippen MR) is 66.3 cm³/mol. The lowest BCUT2D eigenvalue weighted by Crippen LogP contribution is -2.32. The lowest BCUT2D eigenvalue weighted by atomic mass is 10.1. The van der Waals surface area contributed by atoms with Crippen LogP contribution < -0.4 is 5.32 Å². The van der Waals surface area contributed by atoms with Gasteiger partial charge < -0.3 is 10.4 Å². The third kappa shape index (κ3) is 4.29. The molecular formula is C12H15FN2O4. The van der Waals surface area contributed by atoms with Crippen LogP contribution in [0.2, 0.25) is 0 Å². The average molecular weight is 270 g/mol. The van der Waals surface area contributed by atoms with E-state index in [0.717, 1.165) is 24.6 Å². The first kappa shape index (κ1) is 15.0. The number of nitro benzene ring substituents is 1. The number of nitrogens with one attached hydrogen (secondary N) is 1. The Morgan fingerprint density at radius 3 is 2.84 bits per heavy atom. The van der Waals surface area contributed by atoms with Gasteiger partial charge >= 0.3 is 0 Å². The van der Waals surface area contributed by atoms with Gasteiger partial charge in [0.25, 0.3) is 11.6 Å². The van der Waals surface area contributed by atoms with Gasteiger partial charge in [-0.15, -0.1) is 0 Å². The maximum absolute atomic E-state index is 13.0. The van der Waals surface area contributed by atoms with Gasteiger partial charge in [0.1, 0.15) is 11.4 Å². The number of aliphatic hydroxyl groups is 1. The van der Waals surface area contributed by atoms with Crippen molar-refractivity contribution in [1.82, 2.24) is 5.32 Å². The molecule has 2 N–H and O–H groups in total. The molecule has 0 saturated heterocycles. The molecule has 1 atom stereocenters. The number of hydrogen-bond acceptors (Lipinski definition) is 4. The number of hydrogen-bond donors (Lipinski definition) is 2. The topological polar surface area (TPSA) is 92.5 Å². The van der Waals surface area contributed by atoms with Gasteiger partial charge in [0.05, 0.1) is 11.0 Å². The van der Waals surface area contributed by atoms with Gasteiger partial charge in [0.2, 0.25) is 0 Å². The molecule has 0 radical (unpaired) electrons. The van der Waals surface area contributed by atoms with Crippen LogP contribution in [0.25, 0.3) is 0 Å². The van der Waals surface area contributed by atoms with Gasteiger partial charge in [0.15, 0.2) is 0 Å². The van der Waals surface area contributed by atoms with Crippen molar-refractivity contribution in [2.45, 2.75) is 25.9 Å². The zero-order valence-corrected chi connectivity index (χ0v) is 10.4. The number of nitro groups is 1. The minimum atomic E-state index is -0.777. The second-order valence-corrected chi connectivity index (χ2v) is 4.07. The summed E-state index contributed by atoms with van der Waals surface area (Å²) in [5, 5.41) is 22.5. The zero-order valence-electron chi connectivity index (χ0n) is 10.4. The van der Waals surface area contributed by atoms with Crippen LogP contribution in [0.5, 0.6) is 0 Å². The highest BCUT2D eigenvalue weighted by Crippen LogP contribution is 2.19. The summed E-state index contributed by atoms with van der Waals surface area (Å²) in [7, 11) is 0. The normalized spacial score (nSPS) is 11.9. The largest absolute Gasteiger partial charge is 0.391 e. The second kappa shape index (κ2) is 6.79. The van der Waals surface area contributed by atoms with Crippen molar-refractivity contribution in [2.75, 3.05) is 6.54 Å². The summed E-state index contributed by atoms with van der Waals surface area (Å²) in [6.07, 6.45) is 0.532. The molecule has 0 spiro atoms. The molecule has 1 aromatic carbocycles. The maximum Gasteiger partial charge on any atom is 0.282 e. The van der Waals surface area contributed by atoms with Crippen LogP contribution in [0.4, 0.5) is 10.1 Å². The minimum Gasteiger partial charge on any atom is -0.391 e. The molecular weight excluding hydrogens is 255 g/mol. The Balaban J connectivity index is 2.81. The Bertz CT molecular complexity index is 479. The molecule has 19 heavy (non-hydrogen) atoms. The standard InChI is InChI=1S/C12H15FN2O4/c1-2-3-9(16)7-14-12(17)10-6-8(13)4-5-11(10)15(18)19/h4-6,9,16H,2-3,7H2,1H3,(H,14,17). The number of benzene rings is 1. The monoisotopic (exact) mass is 270 g/mol. The second-order valence-electron chi connectivity index (χ2n) is 4.07. The molecule has 0 aliphatic heterocycles. The summed E-state index contributed by atoms with van der Waals surface area (Å²) in [6.45, 7) is 1.85. The van der Waals surface area contributed by atoms with E-state index in [0.29, 0.717) is 6.42 Å². The van der Waals surface area contributed by atoms with Crippen molar-refractivity contribution in [2.24, 2.45) is 0 Å². The lowest BCUT2D eigenvalue weighted by molar-refractivity contribution is -0.385. The van der Waals surface area contributed by atoms with Gasteiger partial charge in [-0.2, -0.15) is 0 Å². The first-order chi connectivity index (χ1) is 8.95. The van der Waals surface area contributed by atoms with Crippen molar-refractivity contribution in [1.29, 1.82) is 0 Å². The van der Waals surface area contributed by atoms with E-state index >= 15 is 0 Å². The molecule has 0 heterocycles. The molecule has 1 aromatic rings. The van der Waals surface area contributed by atoms with Crippen LogP contribution in [-0.2, 0) is 0 Å². The van der Waals surface area contributed by atoms with Crippen molar-refractivity contribution in [3.8, 4) is 0 Å². The number of nitrogens with zero attached hydrogens (tertiary/aromatic N) is 1. The number of halogens is 1. The first-order valence-electron chi connectivity index (χ1n) is 5.86. The summed E-state index contributed by atoms with van der Waals surface area (Å²) in [6, 6.07) is 2.66. The van der Waals surface area contributed by atoms with E-state index in [1.165, 1.54) is 0 Å². The van der Waals surface area contributed by atoms with Crippen molar-refractivity contribution < 1.29 is 19.2 Å². The van der Waals surface area contributed by atoms with Crippen LogP contribution in [0, 0.1) is 15.9 Å². The summed E-state index contributed by atoms with van der Waals surface area (Å²) in [5.41, 5.74) is -0.822. The summed E-state index contributed by atoms with van der Waals surface area (Å²) >= 11 is 0. The number of amides is 1. The lowest BCUT2D eigenvalue weighted by Gasteiger charge is -2.10. The summed E-state index contributed by atoms with van der Waals surface area (Å²) in [4.78, 5) is 21.7. The third-order valence-corrected chi connectivity index (χ3v) is 2.52. The molecule has 6 nitrogen and oxygen atoms in total. The Hall–Kier alpha value is -2.02. The highest BCUT2D eigenvalue weighted by molar-refractivity contribution is 5.98. The number of carbonyl (C=O) groups excluding carboxylic acids is 1. The predicted octanol–water partition coefficient (Wildman–Crippen LogP) is 1.62. The van der Waals surface area contributed by atoms with Crippen molar-refractivity contribution in [3.63, 3.8) is 0 Å². The number of carbonyl (C=O) groups is 1. The van der Waals surface area contributed by atoms with Crippen LogP contribution in [-0.4, -0.2) is 28.6 Å². The average Bonchev–Trinajstić information content (AvgIpc) is 2.35. The van der Waals surface area contributed by atoms with Gasteiger partial charge in [-0.05, 0) is 18.6 Å². The van der Waals surface area contributed by atoms with Crippen LogP contribution in [0.15, 0.2) is 18.2 Å². The minimum absolute atomic E-state index is 0.0274. The smallest absolute Gasteiger partial charge is 0.282 e. The number of aliphatic hydroxyl groups excluding tert-OH is 1. The molecule has 0 saturated carbocycles. The fraction of sp³-hybridized carbons (Fsp3) is 0.417. The maximum atomic E-state index is 13.0. The SMILES string of the molecule is CCCC(O)CNC(=O)c1cc(F)ccc1[N+](=O)[O-]. The fourth-order valence-corrected chi connectivity index (χ4v) is 1.59. The molecule has 0 fully saturated rings. The van der Waals surface area contributed by atoms with Crippen LogP contribution in [0.1, 0.15) is 30.1 Å². The molecule has 0 aliphatic rings. The van der Waals surface area contributed by atoms with E-state index in [1.807, 2.05) is 6.92 Å². The first-order valence-corrected chi connectivity index (χ1v) is 5.86. The van der Waals surface area contributed by atoms with E-state index < -0.39 is 28.4 Å². The van der Waals surface area contributed by atoms with Gasteiger partial charge in [0, 0.05) is 12.6 Å². The molecule has 0 bridgehead atoms. The molecule has 1 amide bonds. The molecule has 0 aromatic heterocycles. The Morgan fingerprint density at radius 1 is 1.58 bits per heavy atom. The van der Waals surface area contributed by atoms with Crippen LogP contribution >= 0.6 is 0 Å². The summed E-state index contributed by atoms with van der Waals surface area (Å²) in [5.74, 6) is -1.51. The van der Waals surface area contributed by atoms with Crippen LogP contribution in [0.3, 0.4) is 0 Å². The van der Waals surface area contributed by atoms with E-state index in [9.17, 15) is 24.4 Å². The van der Waals surface area contributed by atoms with Gasteiger partial charge in [-0.3, -0.25) is 14.9 Å². The molecule has 7 heteroatoms. The van der Waals surface area contributed by atoms with Crippen molar-refractivity contribution >= 4 is 11.6 Å². The van der Waals surface area contributed by atoms with E-state index in [1.54, 1.807) is 0 Å². The Morgan fingerprint density at radius 2 is 2.26 bits per heavy atom. The van der Waals surface area contributed by atoms with E-state index in [2.05, 4.69) is 5.32 Å². The molecule has 1 unspecified atom stereocenters. The van der Waals surface area contributed by atoms with E-state index in [4.69, 9.17) is 0 Å². The Labute approximate surface area is 109 Å². The highest BCUT2D eigenvalue weighted by Gasteiger charge is 2.21. The Kier molecular flexibility index (Phi) is 5.37. The molecule has 1 rings (SSSR count). The molecule has 0 aliphatic carbocycles. The quantitative estimate of drug-likeness (QED) is 0.607. The third-order valence-electron chi connectivity index (χ3n) is 2.52. The number of rotatable bonds is 6. The summed E-state index contributed by atoms with van der Waals surface area (Å²) < 4.78 is 13.0. The highest BCUT2D eigenvalue weighted by atomic mass is 19.1. The fourth-order valence-electron chi connectivity index (χ4n) is 1.59. The zero-order chi connectivity index (χ0) is 14.4. The van der Waals surface area contributed by atoms with Crippen molar-refractivity contribution in [3.05, 3.63) is 39.7 Å². The van der Waals surface area contributed by atoms with Gasteiger partial charge in [-0.25, -0.2) is 4.39 Å².